The molecule has 1 fully saturated rings. The Labute approximate surface area is 172 Å². The van der Waals surface area contributed by atoms with Crippen molar-refractivity contribution < 1.29 is 8.42 Å². The summed E-state index contributed by atoms with van der Waals surface area (Å²) in [5.74, 6) is 0.289. The summed E-state index contributed by atoms with van der Waals surface area (Å²) >= 11 is 0. The van der Waals surface area contributed by atoms with Crippen molar-refractivity contribution in [3.63, 3.8) is 0 Å². The maximum absolute atomic E-state index is 12.7. The SMILES string of the molecule is NS(=O)(=O)c1ccc(CCNc2ncc3c(=O)n(C4CCCC4)c(=O)[nH]c3n2)cc1. The number of anilines is 1. The first-order chi connectivity index (χ1) is 14.3. The number of H-pyrrole nitrogens is 1. The lowest BCUT2D eigenvalue weighted by Gasteiger charge is -2.12. The van der Waals surface area contributed by atoms with Gasteiger partial charge >= 0.3 is 5.69 Å². The Hall–Kier alpha value is -3.05. The summed E-state index contributed by atoms with van der Waals surface area (Å²) in [7, 11) is -3.71. The van der Waals surface area contributed by atoms with Crippen LogP contribution in [-0.2, 0) is 16.4 Å². The van der Waals surface area contributed by atoms with Crippen LogP contribution >= 0.6 is 0 Å². The zero-order valence-electron chi connectivity index (χ0n) is 16.2. The molecule has 0 unspecified atom stereocenters. The smallest absolute Gasteiger partial charge is 0.330 e. The van der Waals surface area contributed by atoms with Gasteiger partial charge in [0.05, 0.1) is 4.90 Å². The lowest BCUT2D eigenvalue weighted by molar-refractivity contribution is 0.483. The first kappa shape index (κ1) is 20.2. The van der Waals surface area contributed by atoms with Crippen LogP contribution in [0.5, 0.6) is 0 Å². The van der Waals surface area contributed by atoms with Crippen LogP contribution in [0.25, 0.3) is 11.0 Å². The second-order valence-corrected chi connectivity index (χ2v) is 8.93. The molecule has 0 saturated heterocycles. The van der Waals surface area contributed by atoms with Crippen LogP contribution in [0, 0.1) is 0 Å². The highest BCUT2D eigenvalue weighted by atomic mass is 32.2. The summed E-state index contributed by atoms with van der Waals surface area (Å²) in [5.41, 5.74) is 0.305. The molecule has 1 aromatic carbocycles. The molecule has 0 bridgehead atoms. The molecule has 1 aliphatic rings. The first-order valence-corrected chi connectivity index (χ1v) is 11.2. The van der Waals surface area contributed by atoms with Crippen LogP contribution in [-0.4, -0.2) is 34.5 Å². The number of primary sulfonamides is 1. The maximum Gasteiger partial charge on any atom is 0.330 e. The van der Waals surface area contributed by atoms with E-state index in [0.29, 0.717) is 13.0 Å². The summed E-state index contributed by atoms with van der Waals surface area (Å²) in [5, 5.41) is 8.41. The third kappa shape index (κ3) is 4.12. The molecule has 0 aliphatic heterocycles. The predicted molar refractivity (Wildman–Crippen MR) is 112 cm³/mol. The number of aromatic amines is 1. The highest BCUT2D eigenvalue weighted by Gasteiger charge is 2.22. The lowest BCUT2D eigenvalue weighted by Crippen LogP contribution is -2.37. The van der Waals surface area contributed by atoms with Crippen molar-refractivity contribution >= 4 is 27.0 Å². The van der Waals surface area contributed by atoms with Gasteiger partial charge in [-0.15, -0.1) is 0 Å². The Kier molecular flexibility index (Phi) is 5.39. The molecule has 0 spiro atoms. The molecule has 4 N–H and O–H groups in total. The minimum absolute atomic E-state index is 0.0595. The van der Waals surface area contributed by atoms with Gasteiger partial charge in [-0.3, -0.25) is 14.3 Å². The third-order valence-electron chi connectivity index (χ3n) is 5.32. The minimum atomic E-state index is -3.71. The number of rotatable bonds is 6. The standard InChI is InChI=1S/C19H22N6O4S/c20-30(28,29)14-7-5-12(6-8-14)9-10-21-18-22-11-15-16(23-18)24-19(27)25(17(15)26)13-3-1-2-4-13/h5-8,11,13H,1-4,9-10H2,(H2,20,28,29)(H2,21,22,23,24,27). The molecule has 11 heteroatoms. The van der Waals surface area contributed by atoms with Crippen LogP contribution in [0.4, 0.5) is 5.95 Å². The molecule has 0 amide bonds. The number of fused-ring (bicyclic) bond motifs is 1. The van der Waals surface area contributed by atoms with E-state index in [1.807, 2.05) is 0 Å². The van der Waals surface area contributed by atoms with Crippen LogP contribution in [0.1, 0.15) is 37.3 Å². The van der Waals surface area contributed by atoms with Gasteiger partial charge in [-0.2, -0.15) is 4.98 Å². The van der Waals surface area contributed by atoms with E-state index in [0.717, 1.165) is 31.2 Å². The fraction of sp³-hybridized carbons (Fsp3) is 0.368. The predicted octanol–water partition coefficient (Wildman–Crippen LogP) is 0.897. The van der Waals surface area contributed by atoms with Crippen molar-refractivity contribution in [3.8, 4) is 0 Å². The zero-order valence-corrected chi connectivity index (χ0v) is 17.0. The first-order valence-electron chi connectivity index (χ1n) is 9.70. The molecule has 0 atom stereocenters. The van der Waals surface area contributed by atoms with Gasteiger partial charge in [-0.05, 0) is 37.0 Å². The Bertz CT molecular complexity index is 1290. The lowest BCUT2D eigenvalue weighted by atomic mass is 10.1. The second kappa shape index (κ2) is 8.00. The number of hydrogen-bond acceptors (Lipinski definition) is 7. The molecule has 3 aromatic rings. The molecule has 2 aromatic heterocycles. The van der Waals surface area contributed by atoms with Crippen molar-refractivity contribution in [3.05, 3.63) is 56.9 Å². The van der Waals surface area contributed by atoms with E-state index in [9.17, 15) is 18.0 Å². The van der Waals surface area contributed by atoms with Crippen molar-refractivity contribution in [2.24, 2.45) is 5.14 Å². The summed E-state index contributed by atoms with van der Waals surface area (Å²) < 4.78 is 23.9. The monoisotopic (exact) mass is 430 g/mol. The van der Waals surface area contributed by atoms with Crippen molar-refractivity contribution in [1.29, 1.82) is 0 Å². The summed E-state index contributed by atoms with van der Waals surface area (Å²) in [6.45, 7) is 0.476. The van der Waals surface area contributed by atoms with Crippen LogP contribution in [0.2, 0.25) is 0 Å². The van der Waals surface area contributed by atoms with E-state index in [1.165, 1.54) is 22.9 Å². The largest absolute Gasteiger partial charge is 0.354 e. The molecule has 0 radical (unpaired) electrons. The van der Waals surface area contributed by atoms with Gasteiger partial charge in [-0.25, -0.2) is 23.3 Å². The molecular formula is C19H22N6O4S. The van der Waals surface area contributed by atoms with Crippen molar-refractivity contribution in [2.45, 2.75) is 43.0 Å². The third-order valence-corrected chi connectivity index (χ3v) is 6.25. The molecule has 158 valence electrons. The molecule has 2 heterocycles. The Morgan fingerprint density at radius 3 is 2.53 bits per heavy atom. The molecule has 10 nitrogen and oxygen atoms in total. The highest BCUT2D eigenvalue weighted by Crippen LogP contribution is 2.27. The van der Waals surface area contributed by atoms with Crippen LogP contribution < -0.4 is 21.7 Å². The zero-order chi connectivity index (χ0) is 21.3. The van der Waals surface area contributed by atoms with Gasteiger partial charge < -0.3 is 5.32 Å². The van der Waals surface area contributed by atoms with Crippen LogP contribution in [0.15, 0.2) is 44.9 Å². The molecule has 1 aliphatic carbocycles. The average molecular weight is 430 g/mol. The number of aromatic nitrogens is 4. The summed E-state index contributed by atoms with van der Waals surface area (Å²) in [6, 6.07) is 6.22. The maximum atomic E-state index is 12.7. The number of hydrogen-bond donors (Lipinski definition) is 3. The number of sulfonamides is 1. The molecule has 1 saturated carbocycles. The quantitative estimate of drug-likeness (QED) is 0.525. The highest BCUT2D eigenvalue weighted by molar-refractivity contribution is 7.89. The number of nitrogens with zero attached hydrogens (tertiary/aromatic N) is 3. The molecule has 4 rings (SSSR count). The van der Waals surface area contributed by atoms with E-state index < -0.39 is 15.7 Å². The van der Waals surface area contributed by atoms with E-state index in [2.05, 4.69) is 20.3 Å². The second-order valence-electron chi connectivity index (χ2n) is 7.37. The Morgan fingerprint density at radius 2 is 1.87 bits per heavy atom. The molecule has 30 heavy (non-hydrogen) atoms. The van der Waals surface area contributed by atoms with Gasteiger partial charge in [-0.1, -0.05) is 25.0 Å². The van der Waals surface area contributed by atoms with E-state index >= 15 is 0 Å². The van der Waals surface area contributed by atoms with E-state index in [-0.39, 0.29) is 33.5 Å². The fourth-order valence-electron chi connectivity index (χ4n) is 3.76. The van der Waals surface area contributed by atoms with Crippen molar-refractivity contribution in [1.82, 2.24) is 19.5 Å². The van der Waals surface area contributed by atoms with Gasteiger partial charge in [0.15, 0.2) is 5.65 Å². The average Bonchev–Trinajstić information content (AvgIpc) is 3.22. The molecular weight excluding hydrogens is 408 g/mol. The van der Waals surface area contributed by atoms with Gasteiger partial charge in [0.25, 0.3) is 5.56 Å². The number of benzene rings is 1. The van der Waals surface area contributed by atoms with Gasteiger partial charge in [0, 0.05) is 18.8 Å². The minimum Gasteiger partial charge on any atom is -0.354 e. The topological polar surface area (TPSA) is 153 Å². The Balaban J connectivity index is 1.48. The fourth-order valence-corrected chi connectivity index (χ4v) is 4.28. The summed E-state index contributed by atoms with van der Waals surface area (Å²) in [4.78, 5) is 36.4. The van der Waals surface area contributed by atoms with E-state index in [1.54, 1.807) is 12.1 Å². The number of nitrogens with two attached hydrogens (primary N) is 1. The van der Waals surface area contributed by atoms with E-state index in [4.69, 9.17) is 5.14 Å². The van der Waals surface area contributed by atoms with Crippen LogP contribution in [0.3, 0.4) is 0 Å². The normalized spacial score (nSPS) is 15.0. The Morgan fingerprint density at radius 1 is 1.17 bits per heavy atom. The van der Waals surface area contributed by atoms with Crippen molar-refractivity contribution in [2.75, 3.05) is 11.9 Å². The van der Waals surface area contributed by atoms with Gasteiger partial charge in [0.1, 0.15) is 5.39 Å². The number of nitrogens with one attached hydrogen (secondary N) is 2. The van der Waals surface area contributed by atoms with Gasteiger partial charge in [0.2, 0.25) is 16.0 Å². The summed E-state index contributed by atoms with van der Waals surface area (Å²) in [6.07, 6.45) is 5.69.